The van der Waals surface area contributed by atoms with E-state index in [1.54, 1.807) is 24.5 Å². The molecule has 2 aliphatic heterocycles. The van der Waals surface area contributed by atoms with Crippen molar-refractivity contribution >= 4 is 11.8 Å². The molecule has 1 saturated carbocycles. The van der Waals surface area contributed by atoms with Crippen LogP contribution in [-0.4, -0.2) is 52.6 Å². The van der Waals surface area contributed by atoms with Gasteiger partial charge in [0.25, 0.3) is 0 Å². The Hall–Kier alpha value is -3.60. The average Bonchev–Trinajstić information content (AvgIpc) is 3.62. The molecule has 2 saturated heterocycles. The largest absolute Gasteiger partial charge is 0.573 e. The number of halogens is 3. The van der Waals surface area contributed by atoms with Crippen molar-refractivity contribution in [2.75, 3.05) is 12.0 Å². The Morgan fingerprint density at radius 2 is 1.79 bits per heavy atom. The molecule has 0 amide bonds. The van der Waals surface area contributed by atoms with Gasteiger partial charge in [0.15, 0.2) is 5.69 Å². The van der Waals surface area contributed by atoms with Crippen molar-refractivity contribution in [2.24, 2.45) is 0 Å². The van der Waals surface area contributed by atoms with Crippen molar-refractivity contribution in [3.05, 3.63) is 59.8 Å². The number of hydrogen-bond donors (Lipinski definition) is 1. The van der Waals surface area contributed by atoms with E-state index in [1.165, 1.54) is 25.4 Å². The molecule has 2 bridgehead atoms. The summed E-state index contributed by atoms with van der Waals surface area (Å²) >= 11 is 0. The number of anilines is 1. The zero-order valence-corrected chi connectivity index (χ0v) is 21.4. The van der Waals surface area contributed by atoms with Gasteiger partial charge in [0.2, 0.25) is 0 Å². The van der Waals surface area contributed by atoms with E-state index in [2.05, 4.69) is 24.6 Å². The summed E-state index contributed by atoms with van der Waals surface area (Å²) in [5, 5.41) is 0. The molecule has 4 heterocycles. The fourth-order valence-electron chi connectivity index (χ4n) is 6.01. The van der Waals surface area contributed by atoms with Crippen molar-refractivity contribution in [1.82, 2.24) is 15.0 Å². The lowest BCUT2D eigenvalue weighted by Gasteiger charge is -2.39. The maximum absolute atomic E-state index is 13.1. The molecular formula is C28H29F3N4O4. The Bertz CT molecular complexity index is 1330. The first-order valence-electron chi connectivity index (χ1n) is 13.2. The van der Waals surface area contributed by atoms with Gasteiger partial charge in [0, 0.05) is 40.7 Å². The first kappa shape index (κ1) is 25.7. The van der Waals surface area contributed by atoms with Crippen molar-refractivity contribution in [3.8, 4) is 16.9 Å². The maximum Gasteiger partial charge on any atom is 0.573 e. The maximum atomic E-state index is 13.1. The number of aromatic nitrogens is 3. The summed E-state index contributed by atoms with van der Waals surface area (Å²) in [5.74, 6) is 0.362. The number of piperidine rings is 1. The number of hydrogen-bond acceptors (Lipinski definition) is 7. The van der Waals surface area contributed by atoms with Crippen LogP contribution in [-0.2, 0) is 16.1 Å². The second-order valence-electron chi connectivity index (χ2n) is 10.4. The van der Waals surface area contributed by atoms with Crippen LogP contribution >= 0.6 is 0 Å². The summed E-state index contributed by atoms with van der Waals surface area (Å²) in [6, 6.07) is 6.71. The number of carbonyl (C=O) groups is 1. The van der Waals surface area contributed by atoms with Crippen molar-refractivity contribution in [1.29, 1.82) is 0 Å². The van der Waals surface area contributed by atoms with Crippen molar-refractivity contribution in [3.63, 3.8) is 0 Å². The van der Waals surface area contributed by atoms with Crippen LogP contribution in [0.4, 0.5) is 19.0 Å². The molecular weight excluding hydrogens is 513 g/mol. The fourth-order valence-corrected chi connectivity index (χ4v) is 6.01. The molecule has 2 aromatic heterocycles. The van der Waals surface area contributed by atoms with Crippen molar-refractivity contribution < 1.29 is 32.2 Å². The SMILES string of the molecule is COC(=O)c1cnc(N2C3CCC2CC(OCc2c(-c4ccccc4OC(F)(F)F)c[nH]c2C2CC2)C3)cn1. The summed E-state index contributed by atoms with van der Waals surface area (Å²) in [4.78, 5) is 26.0. The summed E-state index contributed by atoms with van der Waals surface area (Å²) in [6.07, 6.45) is 5.80. The van der Waals surface area contributed by atoms with E-state index in [0.717, 1.165) is 55.6 Å². The Labute approximate surface area is 223 Å². The Morgan fingerprint density at radius 3 is 2.44 bits per heavy atom. The van der Waals surface area contributed by atoms with E-state index in [1.807, 2.05) is 0 Å². The van der Waals surface area contributed by atoms with E-state index in [4.69, 9.17) is 9.47 Å². The summed E-state index contributed by atoms with van der Waals surface area (Å²) in [5.41, 5.74) is 3.17. The number of para-hydroxylation sites is 1. The van der Waals surface area contributed by atoms with Crippen LogP contribution in [0.3, 0.4) is 0 Å². The van der Waals surface area contributed by atoms with Crippen LogP contribution in [0.2, 0.25) is 0 Å². The van der Waals surface area contributed by atoms with E-state index >= 15 is 0 Å². The zero-order valence-electron chi connectivity index (χ0n) is 21.4. The molecule has 3 fully saturated rings. The van der Waals surface area contributed by atoms with Gasteiger partial charge in [-0.25, -0.2) is 14.8 Å². The molecule has 2 atom stereocenters. The first-order valence-corrected chi connectivity index (χ1v) is 13.2. The highest BCUT2D eigenvalue weighted by Gasteiger charge is 2.42. The Morgan fingerprint density at radius 1 is 1.05 bits per heavy atom. The number of H-pyrrole nitrogens is 1. The average molecular weight is 543 g/mol. The number of aromatic amines is 1. The molecule has 6 rings (SSSR count). The van der Waals surface area contributed by atoms with Gasteiger partial charge in [0.1, 0.15) is 11.6 Å². The van der Waals surface area contributed by atoms with Gasteiger partial charge >= 0.3 is 12.3 Å². The van der Waals surface area contributed by atoms with Gasteiger partial charge in [-0.2, -0.15) is 0 Å². The quantitative estimate of drug-likeness (QED) is 0.363. The van der Waals surface area contributed by atoms with Crippen LogP contribution in [0.1, 0.15) is 66.2 Å². The number of esters is 1. The zero-order chi connectivity index (χ0) is 27.1. The fraction of sp³-hybridized carbons (Fsp3) is 0.464. The second-order valence-corrected chi connectivity index (χ2v) is 10.4. The Balaban J connectivity index is 1.18. The predicted octanol–water partition coefficient (Wildman–Crippen LogP) is 5.75. The molecule has 3 aliphatic rings. The number of methoxy groups -OCH3 is 1. The topological polar surface area (TPSA) is 89.6 Å². The van der Waals surface area contributed by atoms with E-state index in [0.29, 0.717) is 23.7 Å². The summed E-state index contributed by atoms with van der Waals surface area (Å²) in [7, 11) is 1.31. The molecule has 3 aromatic rings. The van der Waals surface area contributed by atoms with Gasteiger partial charge in [-0.05, 0) is 50.5 Å². The highest BCUT2D eigenvalue weighted by atomic mass is 19.4. The molecule has 11 heteroatoms. The highest BCUT2D eigenvalue weighted by molar-refractivity contribution is 5.86. The number of nitrogens with zero attached hydrogens (tertiary/aromatic N) is 3. The lowest BCUT2D eigenvalue weighted by atomic mass is 9.98. The second kappa shape index (κ2) is 10.2. The van der Waals surface area contributed by atoms with Crippen molar-refractivity contribution in [2.45, 2.75) is 75.6 Å². The number of alkyl halides is 3. The highest BCUT2D eigenvalue weighted by Crippen LogP contribution is 2.46. The summed E-state index contributed by atoms with van der Waals surface area (Å²) in [6.45, 7) is 0.308. The molecule has 1 aromatic carbocycles. The molecule has 0 radical (unpaired) electrons. The minimum atomic E-state index is -4.78. The molecule has 0 spiro atoms. The molecule has 8 nitrogen and oxygen atoms in total. The van der Waals surface area contributed by atoms with Gasteiger partial charge in [0.05, 0.1) is 32.2 Å². The lowest BCUT2D eigenvalue weighted by molar-refractivity contribution is -0.274. The van der Waals surface area contributed by atoms with Crippen LogP contribution in [0, 0.1) is 0 Å². The number of ether oxygens (including phenoxy) is 3. The number of fused-ring (bicyclic) bond motifs is 2. The van der Waals surface area contributed by atoms with Gasteiger partial charge in [-0.3, -0.25) is 0 Å². The van der Waals surface area contributed by atoms with E-state index < -0.39 is 12.3 Å². The van der Waals surface area contributed by atoms with Gasteiger partial charge < -0.3 is 24.1 Å². The Kier molecular flexibility index (Phi) is 6.70. The number of carbonyl (C=O) groups excluding carboxylic acids is 1. The lowest BCUT2D eigenvalue weighted by Crippen LogP contribution is -2.46. The third kappa shape index (κ3) is 5.32. The third-order valence-corrected chi connectivity index (χ3v) is 7.86. The normalized spacial score (nSPS) is 22.7. The predicted molar refractivity (Wildman–Crippen MR) is 135 cm³/mol. The number of nitrogens with one attached hydrogen (secondary N) is 1. The van der Waals surface area contributed by atoms with Crippen LogP contribution in [0.15, 0.2) is 42.9 Å². The third-order valence-electron chi connectivity index (χ3n) is 7.86. The van der Waals surface area contributed by atoms with Crippen LogP contribution in [0.5, 0.6) is 5.75 Å². The van der Waals surface area contributed by atoms with Gasteiger partial charge in [-0.1, -0.05) is 18.2 Å². The van der Waals surface area contributed by atoms with E-state index in [-0.39, 0.29) is 29.6 Å². The number of benzene rings is 1. The molecule has 39 heavy (non-hydrogen) atoms. The monoisotopic (exact) mass is 542 g/mol. The van der Waals surface area contributed by atoms with Crippen LogP contribution in [0.25, 0.3) is 11.1 Å². The first-order chi connectivity index (χ1) is 18.8. The molecule has 206 valence electrons. The van der Waals surface area contributed by atoms with Gasteiger partial charge in [-0.15, -0.1) is 13.2 Å². The molecule has 1 N–H and O–H groups in total. The standard InChI is InChI=1S/C28H29F3N4O4/c1-37-27(36)23-13-33-25(14-32-23)35-17-8-9-18(35)11-19(10-17)38-15-22-21(12-34-26(22)16-6-7-16)20-4-2-3-5-24(20)39-28(29,30)31/h2-5,12-14,16-19,34H,6-11,15H2,1H3. The number of rotatable bonds is 8. The summed E-state index contributed by atoms with van der Waals surface area (Å²) < 4.78 is 54.8. The van der Waals surface area contributed by atoms with E-state index in [9.17, 15) is 18.0 Å². The smallest absolute Gasteiger partial charge is 0.464 e. The van der Waals surface area contributed by atoms with Crippen LogP contribution < -0.4 is 9.64 Å². The molecule has 2 unspecified atom stereocenters. The molecule has 1 aliphatic carbocycles. The minimum absolute atomic E-state index is 0.0116. The minimum Gasteiger partial charge on any atom is -0.464 e.